The van der Waals surface area contributed by atoms with Crippen molar-refractivity contribution < 1.29 is 15.0 Å². The molecule has 0 aliphatic heterocycles. The molecule has 0 heterocycles. The van der Waals surface area contributed by atoms with Gasteiger partial charge < -0.3 is 10.2 Å². The molecule has 0 bridgehead atoms. The Morgan fingerprint density at radius 3 is 2.21 bits per heavy atom. The zero-order valence-electron chi connectivity index (χ0n) is 22.3. The Balaban J connectivity index is 1.60. The number of aliphatic carboxylic acids is 1. The predicted molar refractivity (Wildman–Crippen MR) is 133 cm³/mol. The number of hydrogen-bond donors (Lipinski definition) is 2. The molecule has 2 N–H and O–H groups in total. The van der Waals surface area contributed by atoms with Gasteiger partial charge in [0, 0.05) is 0 Å². The van der Waals surface area contributed by atoms with E-state index in [9.17, 15) is 15.0 Å². The summed E-state index contributed by atoms with van der Waals surface area (Å²) in [4.78, 5) is 12.8. The molecule has 0 aromatic carbocycles. The Kier molecular flexibility index (Phi) is 4.99. The van der Waals surface area contributed by atoms with E-state index in [1.54, 1.807) is 0 Å². The highest BCUT2D eigenvalue weighted by molar-refractivity contribution is 5.76. The minimum atomic E-state index is -0.553. The van der Waals surface area contributed by atoms with E-state index in [-0.39, 0.29) is 39.1 Å². The lowest BCUT2D eigenvalue weighted by Gasteiger charge is -2.71. The van der Waals surface area contributed by atoms with Gasteiger partial charge in [-0.1, -0.05) is 60.1 Å². The van der Waals surface area contributed by atoms with E-state index in [2.05, 4.69) is 54.5 Å². The second kappa shape index (κ2) is 6.89. The van der Waals surface area contributed by atoms with Gasteiger partial charge in [-0.25, -0.2) is 0 Å². The van der Waals surface area contributed by atoms with Crippen LogP contribution in [-0.4, -0.2) is 22.3 Å². The van der Waals surface area contributed by atoms with Crippen molar-refractivity contribution >= 4 is 5.97 Å². The molecule has 33 heavy (non-hydrogen) atoms. The van der Waals surface area contributed by atoms with Crippen molar-refractivity contribution in [3.8, 4) is 0 Å². The van der Waals surface area contributed by atoms with Gasteiger partial charge in [0.1, 0.15) is 0 Å². The van der Waals surface area contributed by atoms with Crippen LogP contribution in [0.15, 0.2) is 11.6 Å². The van der Waals surface area contributed by atoms with Gasteiger partial charge in [0.15, 0.2) is 0 Å². The van der Waals surface area contributed by atoms with Crippen molar-refractivity contribution in [2.75, 3.05) is 0 Å². The third-order valence-corrected chi connectivity index (χ3v) is 13.0. The Morgan fingerprint density at radius 1 is 0.879 bits per heavy atom. The summed E-state index contributed by atoms with van der Waals surface area (Å²) in [6.45, 7) is 16.9. The van der Waals surface area contributed by atoms with Gasteiger partial charge in [0.05, 0.1) is 11.5 Å². The van der Waals surface area contributed by atoms with Crippen molar-refractivity contribution in [3.05, 3.63) is 11.6 Å². The standard InChI is InChI=1S/C30H48O3/c1-25(2)14-16-30(24(32)33)17-15-28(6)19(20(30)18-25)8-9-22-27(5)12-11-23(31)26(3,4)21(27)10-13-29(22,28)7/h8,20-23,31H,9-18H2,1-7H3,(H,32,33)/t20-,21-,22+,23+,27-,28-,29+,30+/m0/s1. The van der Waals surface area contributed by atoms with Crippen LogP contribution in [0, 0.1) is 50.2 Å². The van der Waals surface area contributed by atoms with Crippen molar-refractivity contribution in [3.63, 3.8) is 0 Å². The highest BCUT2D eigenvalue weighted by atomic mass is 16.4. The average molecular weight is 457 g/mol. The molecular formula is C30H48O3. The summed E-state index contributed by atoms with van der Waals surface area (Å²) in [7, 11) is 0. The van der Waals surface area contributed by atoms with E-state index in [1.165, 1.54) is 18.4 Å². The SMILES string of the molecule is CC1(C)CC[C@@]2(C(=O)O)CC[C@@]3(C)C(=CC[C@@H]4[C@@]5(C)CC[C@@H](O)C(C)(C)[C@@H]5CC[C@]43C)[C@@H]2C1. The lowest BCUT2D eigenvalue weighted by molar-refractivity contribution is -0.205. The minimum absolute atomic E-state index is 0.0301. The Labute approximate surface area is 201 Å². The van der Waals surface area contributed by atoms with E-state index >= 15 is 0 Å². The van der Waals surface area contributed by atoms with E-state index in [0.29, 0.717) is 11.8 Å². The summed E-state index contributed by atoms with van der Waals surface area (Å²) in [6, 6.07) is 0. The number of carboxylic acids is 1. The van der Waals surface area contributed by atoms with Gasteiger partial charge in [0.25, 0.3) is 0 Å². The topological polar surface area (TPSA) is 57.5 Å². The zero-order chi connectivity index (χ0) is 24.2. The van der Waals surface area contributed by atoms with Gasteiger partial charge in [-0.15, -0.1) is 0 Å². The van der Waals surface area contributed by atoms with Crippen molar-refractivity contribution in [2.24, 2.45) is 50.2 Å². The Bertz CT molecular complexity index is 885. The maximum Gasteiger partial charge on any atom is 0.310 e. The van der Waals surface area contributed by atoms with Crippen LogP contribution < -0.4 is 0 Å². The van der Waals surface area contributed by atoms with Crippen LogP contribution in [-0.2, 0) is 4.79 Å². The molecule has 3 nitrogen and oxygen atoms in total. The van der Waals surface area contributed by atoms with Crippen LogP contribution in [0.2, 0.25) is 0 Å². The van der Waals surface area contributed by atoms with Gasteiger partial charge in [-0.05, 0) is 109 Å². The lowest BCUT2D eigenvalue weighted by Crippen LogP contribution is -2.65. The highest BCUT2D eigenvalue weighted by Crippen LogP contribution is 2.75. The Morgan fingerprint density at radius 2 is 1.55 bits per heavy atom. The zero-order valence-corrected chi connectivity index (χ0v) is 22.3. The van der Waals surface area contributed by atoms with Crippen LogP contribution in [0.3, 0.4) is 0 Å². The molecule has 4 fully saturated rings. The van der Waals surface area contributed by atoms with Crippen molar-refractivity contribution in [1.82, 2.24) is 0 Å². The molecule has 0 spiro atoms. The number of aliphatic hydroxyl groups excluding tert-OH is 1. The molecule has 0 aromatic rings. The first-order valence-electron chi connectivity index (χ1n) is 13.8. The second-order valence-corrected chi connectivity index (χ2v) is 15.1. The largest absolute Gasteiger partial charge is 0.481 e. The van der Waals surface area contributed by atoms with Gasteiger partial charge in [-0.2, -0.15) is 0 Å². The maximum atomic E-state index is 12.8. The molecule has 3 heteroatoms. The fourth-order valence-corrected chi connectivity index (χ4v) is 10.6. The smallest absolute Gasteiger partial charge is 0.310 e. The van der Waals surface area contributed by atoms with Crippen LogP contribution in [0.25, 0.3) is 0 Å². The molecule has 4 saturated carbocycles. The quantitative estimate of drug-likeness (QED) is 0.409. The average Bonchev–Trinajstić information content (AvgIpc) is 2.71. The first-order valence-corrected chi connectivity index (χ1v) is 13.8. The van der Waals surface area contributed by atoms with Crippen LogP contribution in [0.4, 0.5) is 0 Å². The van der Waals surface area contributed by atoms with E-state index in [4.69, 9.17) is 0 Å². The van der Waals surface area contributed by atoms with Crippen molar-refractivity contribution in [1.29, 1.82) is 0 Å². The summed E-state index contributed by atoms with van der Waals surface area (Å²) in [5.41, 5.74) is 1.68. The number of carbonyl (C=O) groups is 1. The molecular weight excluding hydrogens is 408 g/mol. The normalized spacial score (nSPS) is 52.4. The number of aliphatic hydroxyl groups is 1. The number of allylic oxidation sites excluding steroid dienone is 2. The first-order chi connectivity index (χ1) is 15.1. The van der Waals surface area contributed by atoms with Gasteiger partial charge in [-0.3, -0.25) is 4.79 Å². The molecule has 8 atom stereocenters. The maximum absolute atomic E-state index is 12.8. The van der Waals surface area contributed by atoms with Gasteiger partial charge >= 0.3 is 5.97 Å². The molecule has 5 aliphatic carbocycles. The number of fused-ring (bicyclic) bond motifs is 7. The molecule has 5 rings (SSSR count). The third kappa shape index (κ3) is 2.87. The van der Waals surface area contributed by atoms with E-state index < -0.39 is 11.4 Å². The predicted octanol–water partition coefficient (Wildman–Crippen LogP) is 7.23. The molecule has 186 valence electrons. The third-order valence-electron chi connectivity index (χ3n) is 13.0. The molecule has 0 aromatic heterocycles. The summed E-state index contributed by atoms with van der Waals surface area (Å²) >= 11 is 0. The molecule has 0 unspecified atom stereocenters. The summed E-state index contributed by atoms with van der Waals surface area (Å²) < 4.78 is 0. The van der Waals surface area contributed by atoms with Crippen LogP contribution in [0.5, 0.6) is 0 Å². The van der Waals surface area contributed by atoms with Crippen LogP contribution >= 0.6 is 0 Å². The molecule has 0 saturated heterocycles. The summed E-state index contributed by atoms with van der Waals surface area (Å²) in [5, 5.41) is 21.4. The number of rotatable bonds is 1. The van der Waals surface area contributed by atoms with Crippen molar-refractivity contribution in [2.45, 2.75) is 119 Å². The molecule has 0 amide bonds. The minimum Gasteiger partial charge on any atom is -0.481 e. The molecule has 0 radical (unpaired) electrons. The summed E-state index contributed by atoms with van der Waals surface area (Å²) in [5.74, 6) is 0.807. The second-order valence-electron chi connectivity index (χ2n) is 15.1. The molecule has 5 aliphatic rings. The van der Waals surface area contributed by atoms with E-state index in [1.807, 2.05) is 0 Å². The fourth-order valence-electron chi connectivity index (χ4n) is 10.6. The summed E-state index contributed by atoms with van der Waals surface area (Å²) in [6.07, 6.45) is 12.6. The lowest BCUT2D eigenvalue weighted by atomic mass is 9.33. The highest BCUT2D eigenvalue weighted by Gasteiger charge is 2.69. The first kappa shape index (κ1) is 23.9. The Hall–Kier alpha value is -0.830. The van der Waals surface area contributed by atoms with E-state index in [0.717, 1.165) is 51.4 Å². The number of carboxylic acid groups (broad SMARTS) is 1. The monoisotopic (exact) mass is 456 g/mol. The fraction of sp³-hybridized carbons (Fsp3) is 0.900. The van der Waals surface area contributed by atoms with Crippen LogP contribution in [0.1, 0.15) is 113 Å². The van der Waals surface area contributed by atoms with Gasteiger partial charge in [0.2, 0.25) is 0 Å². The number of hydrogen-bond acceptors (Lipinski definition) is 2.